The predicted molar refractivity (Wildman–Crippen MR) is 80.6 cm³/mol. The Morgan fingerprint density at radius 1 is 1.05 bits per heavy atom. The van der Waals surface area contributed by atoms with Gasteiger partial charge in [0.1, 0.15) is 4.90 Å². The topological polar surface area (TPSA) is 119 Å². The second-order valence-electron chi connectivity index (χ2n) is 4.02. The van der Waals surface area contributed by atoms with Crippen molar-refractivity contribution in [1.29, 1.82) is 0 Å². The third kappa shape index (κ3) is 4.00. The van der Waals surface area contributed by atoms with Crippen molar-refractivity contribution in [3.05, 3.63) is 47.2 Å². The molecule has 0 unspecified atom stereocenters. The van der Waals surface area contributed by atoms with Crippen LogP contribution in [-0.2, 0) is 20.0 Å². The summed E-state index contributed by atoms with van der Waals surface area (Å²) < 4.78 is 49.6. The number of halogens is 1. The molecule has 1 heterocycles. The van der Waals surface area contributed by atoms with E-state index in [1.165, 1.54) is 36.7 Å². The van der Waals surface area contributed by atoms with Gasteiger partial charge in [-0.05, 0) is 40.2 Å². The zero-order valence-corrected chi connectivity index (χ0v) is 13.6. The number of anilines is 1. The number of hydrogen-bond donors (Lipinski definition) is 2. The van der Waals surface area contributed by atoms with Gasteiger partial charge in [0.15, 0.2) is 0 Å². The predicted octanol–water partition coefficient (Wildman–Crippen LogP) is 1.29. The van der Waals surface area contributed by atoms with Gasteiger partial charge in [0.2, 0.25) is 10.0 Å². The highest BCUT2D eigenvalue weighted by atomic mass is 79.9. The zero-order chi connectivity index (χ0) is 15.7. The fraction of sp³-hybridized carbons (Fsp3) is 0. The summed E-state index contributed by atoms with van der Waals surface area (Å²) in [7, 11) is -7.78. The first-order chi connectivity index (χ1) is 9.68. The number of rotatable bonds is 4. The molecular formula is C11H10BrN3O4S2. The number of aromatic nitrogens is 1. The van der Waals surface area contributed by atoms with Crippen molar-refractivity contribution in [3.63, 3.8) is 0 Å². The lowest BCUT2D eigenvalue weighted by Crippen LogP contribution is -2.15. The van der Waals surface area contributed by atoms with E-state index in [4.69, 9.17) is 5.14 Å². The standard InChI is InChI=1S/C11H10BrN3O4S2/c12-8-4-11(7-14-6-8)21(18,19)15-9-2-1-3-10(5-9)20(13,16)17/h1-7,15H,(H2,13,16,17). The molecule has 0 aliphatic carbocycles. The quantitative estimate of drug-likeness (QED) is 0.813. The van der Waals surface area contributed by atoms with Gasteiger partial charge in [0, 0.05) is 16.9 Å². The highest BCUT2D eigenvalue weighted by molar-refractivity contribution is 9.10. The fourth-order valence-electron chi connectivity index (χ4n) is 1.49. The molecule has 21 heavy (non-hydrogen) atoms. The summed E-state index contributed by atoms with van der Waals surface area (Å²) in [6.07, 6.45) is 2.62. The van der Waals surface area contributed by atoms with Gasteiger partial charge < -0.3 is 0 Å². The second-order valence-corrected chi connectivity index (χ2v) is 8.18. The summed E-state index contributed by atoms with van der Waals surface area (Å²) in [5.41, 5.74) is 0.0847. The van der Waals surface area contributed by atoms with Crippen LogP contribution < -0.4 is 9.86 Å². The first-order valence-corrected chi connectivity index (χ1v) is 9.27. The number of primary sulfonamides is 1. The van der Waals surface area contributed by atoms with Gasteiger partial charge in [0.05, 0.1) is 10.6 Å². The van der Waals surface area contributed by atoms with Gasteiger partial charge in [-0.15, -0.1) is 0 Å². The summed E-state index contributed by atoms with van der Waals surface area (Å²) in [6.45, 7) is 0. The molecule has 1 aromatic carbocycles. The first kappa shape index (κ1) is 15.9. The van der Waals surface area contributed by atoms with Crippen molar-refractivity contribution < 1.29 is 16.8 Å². The maximum Gasteiger partial charge on any atom is 0.263 e. The number of nitrogens with two attached hydrogens (primary N) is 1. The van der Waals surface area contributed by atoms with Gasteiger partial charge in [-0.3, -0.25) is 9.71 Å². The molecule has 0 spiro atoms. The van der Waals surface area contributed by atoms with Crippen LogP contribution in [0.4, 0.5) is 5.69 Å². The first-order valence-electron chi connectivity index (χ1n) is 5.45. The van der Waals surface area contributed by atoms with Crippen LogP contribution in [0.5, 0.6) is 0 Å². The lowest BCUT2D eigenvalue weighted by atomic mass is 10.3. The minimum absolute atomic E-state index is 0.0575. The van der Waals surface area contributed by atoms with Crippen molar-refractivity contribution in [1.82, 2.24) is 4.98 Å². The van der Waals surface area contributed by atoms with Crippen LogP contribution in [-0.4, -0.2) is 21.8 Å². The van der Waals surface area contributed by atoms with Crippen LogP contribution in [0.2, 0.25) is 0 Å². The molecule has 7 nitrogen and oxygen atoms in total. The molecule has 10 heteroatoms. The van der Waals surface area contributed by atoms with Gasteiger partial charge in [0.25, 0.3) is 10.0 Å². The molecule has 1 aromatic heterocycles. The molecular weight excluding hydrogens is 382 g/mol. The van der Waals surface area contributed by atoms with E-state index < -0.39 is 20.0 Å². The molecule has 0 saturated carbocycles. The normalized spacial score (nSPS) is 12.1. The molecule has 2 aromatic rings. The Morgan fingerprint density at radius 2 is 1.76 bits per heavy atom. The summed E-state index contributed by atoms with van der Waals surface area (Å²) >= 11 is 3.13. The molecule has 3 N–H and O–H groups in total. The highest BCUT2D eigenvalue weighted by Crippen LogP contribution is 2.20. The molecule has 112 valence electrons. The Kier molecular flexibility index (Phi) is 4.33. The smallest absolute Gasteiger partial charge is 0.263 e. The molecule has 0 aliphatic rings. The zero-order valence-electron chi connectivity index (χ0n) is 10.4. The molecule has 0 aliphatic heterocycles. The second kappa shape index (κ2) is 5.72. The summed E-state index contributed by atoms with van der Waals surface area (Å²) in [5, 5.41) is 5.00. The van der Waals surface area contributed by atoms with E-state index in [0.29, 0.717) is 4.47 Å². The number of nitrogens with one attached hydrogen (secondary N) is 1. The average Bonchev–Trinajstić information content (AvgIpc) is 2.37. The van der Waals surface area contributed by atoms with Crippen LogP contribution in [0.15, 0.2) is 57.0 Å². The number of hydrogen-bond acceptors (Lipinski definition) is 5. The Labute approximate surface area is 130 Å². The highest BCUT2D eigenvalue weighted by Gasteiger charge is 2.16. The van der Waals surface area contributed by atoms with Crippen LogP contribution in [0.25, 0.3) is 0 Å². The van der Waals surface area contributed by atoms with E-state index in [1.54, 1.807) is 0 Å². The van der Waals surface area contributed by atoms with Gasteiger partial charge >= 0.3 is 0 Å². The minimum Gasteiger partial charge on any atom is -0.280 e. The molecule has 0 fully saturated rings. The van der Waals surface area contributed by atoms with Crippen molar-refractivity contribution in [2.45, 2.75) is 9.79 Å². The van der Waals surface area contributed by atoms with Gasteiger partial charge in [-0.25, -0.2) is 22.0 Å². The molecule has 0 bridgehead atoms. The van der Waals surface area contributed by atoms with E-state index in [1.807, 2.05) is 0 Å². The minimum atomic E-state index is -3.91. The van der Waals surface area contributed by atoms with Crippen LogP contribution >= 0.6 is 15.9 Å². The lowest BCUT2D eigenvalue weighted by molar-refractivity contribution is 0.596. The summed E-state index contributed by atoms with van der Waals surface area (Å²) in [4.78, 5) is 3.52. The van der Waals surface area contributed by atoms with Gasteiger partial charge in [-0.1, -0.05) is 6.07 Å². The fourth-order valence-corrected chi connectivity index (χ4v) is 3.60. The van der Waals surface area contributed by atoms with Crippen LogP contribution in [0, 0.1) is 0 Å². The third-order valence-corrected chi connectivity index (χ3v) is 5.10. The molecule has 0 amide bonds. The van der Waals surface area contributed by atoms with E-state index >= 15 is 0 Å². The summed E-state index contributed by atoms with van der Waals surface area (Å²) in [5.74, 6) is 0. The number of nitrogens with zero attached hydrogens (tertiary/aromatic N) is 1. The van der Waals surface area contributed by atoms with E-state index in [2.05, 4.69) is 25.6 Å². The van der Waals surface area contributed by atoms with E-state index in [-0.39, 0.29) is 15.5 Å². The Bertz CT molecular complexity index is 882. The maximum atomic E-state index is 12.2. The number of benzene rings is 1. The van der Waals surface area contributed by atoms with Crippen molar-refractivity contribution in [2.75, 3.05) is 4.72 Å². The third-order valence-electron chi connectivity index (χ3n) is 2.40. The Morgan fingerprint density at radius 3 is 2.38 bits per heavy atom. The SMILES string of the molecule is NS(=O)(=O)c1cccc(NS(=O)(=O)c2cncc(Br)c2)c1. The van der Waals surface area contributed by atoms with Crippen LogP contribution in [0.1, 0.15) is 0 Å². The Hall–Kier alpha value is -1.49. The number of sulfonamides is 2. The van der Waals surface area contributed by atoms with E-state index in [0.717, 1.165) is 6.07 Å². The van der Waals surface area contributed by atoms with E-state index in [9.17, 15) is 16.8 Å². The molecule has 2 rings (SSSR count). The largest absolute Gasteiger partial charge is 0.280 e. The monoisotopic (exact) mass is 391 g/mol. The van der Waals surface area contributed by atoms with Crippen LogP contribution in [0.3, 0.4) is 0 Å². The Balaban J connectivity index is 2.38. The van der Waals surface area contributed by atoms with Crippen molar-refractivity contribution in [2.24, 2.45) is 5.14 Å². The van der Waals surface area contributed by atoms with Gasteiger partial charge in [-0.2, -0.15) is 0 Å². The molecule has 0 saturated heterocycles. The summed E-state index contributed by atoms with van der Waals surface area (Å²) in [6, 6.07) is 6.58. The maximum absolute atomic E-state index is 12.2. The molecule has 0 atom stereocenters. The molecule has 0 radical (unpaired) electrons. The van der Waals surface area contributed by atoms with Crippen molar-refractivity contribution in [3.8, 4) is 0 Å². The number of pyridine rings is 1. The lowest BCUT2D eigenvalue weighted by Gasteiger charge is -2.09. The van der Waals surface area contributed by atoms with Crippen molar-refractivity contribution >= 4 is 41.7 Å². The average molecular weight is 392 g/mol.